The molecule has 2 aromatic rings. The summed E-state index contributed by atoms with van der Waals surface area (Å²) in [6, 6.07) is 5.62. The fraction of sp³-hybridized carbons (Fsp3) is 0.467. The molecule has 3 rings (SSSR count). The minimum Gasteiger partial charge on any atom is -0.464 e. The van der Waals surface area contributed by atoms with Crippen molar-refractivity contribution in [3.63, 3.8) is 0 Å². The van der Waals surface area contributed by atoms with Gasteiger partial charge in [0.2, 0.25) is 0 Å². The van der Waals surface area contributed by atoms with Crippen LogP contribution in [0.25, 0.3) is 5.52 Å². The zero-order valence-corrected chi connectivity index (χ0v) is 11.9. The van der Waals surface area contributed by atoms with E-state index in [-0.39, 0.29) is 5.97 Å². The van der Waals surface area contributed by atoms with Crippen LogP contribution in [0.5, 0.6) is 0 Å². The van der Waals surface area contributed by atoms with Gasteiger partial charge < -0.3 is 9.64 Å². The molecule has 5 heteroatoms. The summed E-state index contributed by atoms with van der Waals surface area (Å²) in [4.78, 5) is 18.9. The third-order valence-corrected chi connectivity index (χ3v) is 4.06. The molecule has 20 heavy (non-hydrogen) atoms. The zero-order valence-electron chi connectivity index (χ0n) is 11.9. The number of likely N-dealkylation sites (tertiary alicyclic amines) is 1. The van der Waals surface area contributed by atoms with E-state index in [1.165, 1.54) is 7.11 Å². The number of rotatable bonds is 3. The molecule has 1 aliphatic rings. The van der Waals surface area contributed by atoms with Gasteiger partial charge in [0.05, 0.1) is 18.8 Å². The van der Waals surface area contributed by atoms with E-state index in [1.807, 2.05) is 22.7 Å². The lowest BCUT2D eigenvalue weighted by atomic mass is 10.1. The van der Waals surface area contributed by atoms with Crippen molar-refractivity contribution < 1.29 is 9.53 Å². The molecule has 0 aromatic carbocycles. The first kappa shape index (κ1) is 13.1. The highest BCUT2D eigenvalue weighted by Crippen LogP contribution is 2.27. The van der Waals surface area contributed by atoms with Gasteiger partial charge in [0.1, 0.15) is 11.5 Å². The second-order valence-corrected chi connectivity index (χ2v) is 5.16. The number of fused-ring (bicyclic) bond motifs is 1. The maximum absolute atomic E-state index is 11.9. The number of ether oxygens (including phenoxy) is 1. The third kappa shape index (κ3) is 2.08. The van der Waals surface area contributed by atoms with Gasteiger partial charge in [0, 0.05) is 12.5 Å². The average Bonchev–Trinajstić information content (AvgIpc) is 3.11. The van der Waals surface area contributed by atoms with Gasteiger partial charge in [-0.1, -0.05) is 13.0 Å². The van der Waals surface area contributed by atoms with Crippen LogP contribution in [0, 0.1) is 0 Å². The van der Waals surface area contributed by atoms with Gasteiger partial charge in [-0.2, -0.15) is 0 Å². The Morgan fingerprint density at radius 2 is 2.35 bits per heavy atom. The maximum Gasteiger partial charge on any atom is 0.355 e. The Hall–Kier alpha value is -1.88. The lowest BCUT2D eigenvalue weighted by Gasteiger charge is -2.13. The number of methoxy groups -OCH3 is 1. The van der Waals surface area contributed by atoms with E-state index < -0.39 is 0 Å². The lowest BCUT2D eigenvalue weighted by Crippen LogP contribution is -2.20. The van der Waals surface area contributed by atoms with Gasteiger partial charge in [-0.05, 0) is 31.6 Å². The highest BCUT2D eigenvalue weighted by Gasteiger charge is 2.27. The second kappa shape index (κ2) is 5.25. The van der Waals surface area contributed by atoms with Crippen LogP contribution in [0.3, 0.4) is 0 Å². The first-order valence-electron chi connectivity index (χ1n) is 7.01. The van der Waals surface area contributed by atoms with Crippen molar-refractivity contribution in [2.45, 2.75) is 19.3 Å². The smallest absolute Gasteiger partial charge is 0.355 e. The van der Waals surface area contributed by atoms with Crippen LogP contribution in [0.1, 0.15) is 35.6 Å². The Bertz CT molecular complexity index is 635. The summed E-state index contributed by atoms with van der Waals surface area (Å²) in [6.45, 7) is 5.33. The molecular formula is C15H19N3O2. The van der Waals surface area contributed by atoms with Gasteiger partial charge in [-0.15, -0.1) is 0 Å². The molecule has 1 unspecified atom stereocenters. The topological polar surface area (TPSA) is 46.8 Å². The molecule has 0 N–H and O–H groups in total. The predicted octanol–water partition coefficient (Wildman–Crippen LogP) is 1.93. The maximum atomic E-state index is 11.9. The van der Waals surface area contributed by atoms with Crippen molar-refractivity contribution in [2.24, 2.45) is 0 Å². The average molecular weight is 273 g/mol. The first-order valence-corrected chi connectivity index (χ1v) is 7.01. The van der Waals surface area contributed by atoms with E-state index in [4.69, 9.17) is 4.74 Å². The van der Waals surface area contributed by atoms with Gasteiger partial charge in [0.15, 0.2) is 0 Å². The number of esters is 1. The summed E-state index contributed by atoms with van der Waals surface area (Å²) in [7, 11) is 1.41. The summed E-state index contributed by atoms with van der Waals surface area (Å²) < 4.78 is 6.82. The highest BCUT2D eigenvalue weighted by molar-refractivity contribution is 5.88. The number of carbonyl (C=O) groups is 1. The molecule has 0 spiro atoms. The number of likely N-dealkylation sites (N-methyl/N-ethyl adjacent to an activating group) is 1. The summed E-state index contributed by atoms with van der Waals surface area (Å²) in [5.74, 6) is 1.03. The molecule has 3 heterocycles. The minimum atomic E-state index is -0.319. The number of aromatic nitrogens is 2. The largest absolute Gasteiger partial charge is 0.464 e. The van der Waals surface area contributed by atoms with Crippen LogP contribution in [0.4, 0.5) is 0 Å². The molecule has 2 aromatic heterocycles. The van der Waals surface area contributed by atoms with Gasteiger partial charge >= 0.3 is 5.97 Å². The monoisotopic (exact) mass is 273 g/mol. The van der Waals surface area contributed by atoms with E-state index in [2.05, 4.69) is 16.8 Å². The molecule has 1 saturated heterocycles. The van der Waals surface area contributed by atoms with Crippen molar-refractivity contribution >= 4 is 11.5 Å². The third-order valence-electron chi connectivity index (χ3n) is 4.06. The SMILES string of the molecule is CCN1CCC(c2ncc3cccc(C(=O)OC)n23)C1. The van der Waals surface area contributed by atoms with Crippen LogP contribution in [-0.4, -0.2) is 47.0 Å². The number of imidazole rings is 1. The number of pyridine rings is 1. The van der Waals surface area contributed by atoms with Crippen molar-refractivity contribution in [2.75, 3.05) is 26.7 Å². The number of hydrogen-bond acceptors (Lipinski definition) is 4. The Balaban J connectivity index is 2.06. The van der Waals surface area contributed by atoms with Crippen molar-refractivity contribution in [3.8, 4) is 0 Å². The second-order valence-electron chi connectivity index (χ2n) is 5.16. The summed E-state index contributed by atoms with van der Waals surface area (Å²) in [6.07, 6.45) is 2.92. The molecule has 0 amide bonds. The lowest BCUT2D eigenvalue weighted by molar-refractivity contribution is 0.0592. The van der Waals surface area contributed by atoms with Gasteiger partial charge in [-0.25, -0.2) is 9.78 Å². The molecule has 1 aliphatic heterocycles. The molecule has 0 bridgehead atoms. The standard InChI is InChI=1S/C15H19N3O2/c1-3-17-8-7-11(10-17)14-16-9-12-5-4-6-13(18(12)14)15(19)20-2/h4-6,9,11H,3,7-8,10H2,1-2H3. The molecule has 0 radical (unpaired) electrons. The Morgan fingerprint density at radius 1 is 1.50 bits per heavy atom. The minimum absolute atomic E-state index is 0.319. The summed E-state index contributed by atoms with van der Waals surface area (Å²) in [5, 5.41) is 0. The van der Waals surface area contributed by atoms with Crippen LogP contribution in [0.15, 0.2) is 24.4 Å². The quantitative estimate of drug-likeness (QED) is 0.802. The fourth-order valence-electron chi connectivity index (χ4n) is 2.95. The molecule has 1 fully saturated rings. The van der Waals surface area contributed by atoms with Gasteiger partial charge in [-0.3, -0.25) is 4.40 Å². The van der Waals surface area contributed by atoms with Crippen LogP contribution in [-0.2, 0) is 4.74 Å². The van der Waals surface area contributed by atoms with E-state index in [1.54, 1.807) is 6.07 Å². The predicted molar refractivity (Wildman–Crippen MR) is 76.0 cm³/mol. The highest BCUT2D eigenvalue weighted by atomic mass is 16.5. The summed E-state index contributed by atoms with van der Waals surface area (Å²) >= 11 is 0. The number of carbonyl (C=O) groups excluding carboxylic acids is 1. The normalized spacial score (nSPS) is 19.6. The first-order chi connectivity index (χ1) is 9.74. The van der Waals surface area contributed by atoms with Crippen molar-refractivity contribution in [3.05, 3.63) is 35.9 Å². The van der Waals surface area contributed by atoms with Gasteiger partial charge in [0.25, 0.3) is 0 Å². The molecule has 5 nitrogen and oxygen atoms in total. The van der Waals surface area contributed by atoms with E-state index in [0.717, 1.165) is 37.4 Å². The van der Waals surface area contributed by atoms with E-state index in [9.17, 15) is 4.79 Å². The molecule has 1 atom stereocenters. The molecule has 106 valence electrons. The number of hydrogen-bond donors (Lipinski definition) is 0. The molecule has 0 aliphatic carbocycles. The Kier molecular flexibility index (Phi) is 3.44. The van der Waals surface area contributed by atoms with E-state index >= 15 is 0 Å². The summed E-state index contributed by atoms with van der Waals surface area (Å²) in [5.41, 5.74) is 1.49. The van der Waals surface area contributed by atoms with Crippen LogP contribution >= 0.6 is 0 Å². The zero-order chi connectivity index (χ0) is 14.1. The van der Waals surface area contributed by atoms with Crippen LogP contribution < -0.4 is 0 Å². The van der Waals surface area contributed by atoms with Crippen molar-refractivity contribution in [1.29, 1.82) is 0 Å². The fourth-order valence-corrected chi connectivity index (χ4v) is 2.95. The Labute approximate surface area is 118 Å². The molecular weight excluding hydrogens is 254 g/mol. The van der Waals surface area contributed by atoms with Crippen LogP contribution in [0.2, 0.25) is 0 Å². The number of nitrogens with zero attached hydrogens (tertiary/aromatic N) is 3. The van der Waals surface area contributed by atoms with Crippen molar-refractivity contribution in [1.82, 2.24) is 14.3 Å². The van der Waals surface area contributed by atoms with E-state index in [0.29, 0.717) is 11.6 Å². The Morgan fingerprint density at radius 3 is 3.05 bits per heavy atom. The molecule has 0 saturated carbocycles.